The number of benzene rings is 1. The van der Waals surface area contributed by atoms with Crippen LogP contribution in [-0.2, 0) is 23.9 Å². The largest absolute Gasteiger partial charge is 0.468 e. The van der Waals surface area contributed by atoms with Gasteiger partial charge in [0.25, 0.3) is 0 Å². The van der Waals surface area contributed by atoms with E-state index in [-0.39, 0.29) is 11.7 Å². The number of allylic oxidation sites excluding steroid dienone is 3. The van der Waals surface area contributed by atoms with Gasteiger partial charge in [0, 0.05) is 27.4 Å². The van der Waals surface area contributed by atoms with E-state index in [9.17, 15) is 14.4 Å². The Kier molecular flexibility index (Phi) is 6.81. The van der Waals surface area contributed by atoms with E-state index in [1.165, 1.54) is 7.11 Å². The lowest BCUT2D eigenvalue weighted by Gasteiger charge is -2.38. The summed E-state index contributed by atoms with van der Waals surface area (Å²) in [4.78, 5) is 39.0. The summed E-state index contributed by atoms with van der Waals surface area (Å²) in [5.74, 6) is -3.06. The third-order valence-electron chi connectivity index (χ3n) is 5.62. The Labute approximate surface area is 184 Å². The van der Waals surface area contributed by atoms with Crippen LogP contribution in [0.2, 0.25) is 0 Å². The van der Waals surface area contributed by atoms with Gasteiger partial charge in [-0.25, -0.2) is 4.79 Å². The minimum atomic E-state index is -0.896. The summed E-state index contributed by atoms with van der Waals surface area (Å²) in [6.07, 6.45) is 1.20. The number of ether oxygens (including phenoxy) is 2. The molecule has 0 radical (unpaired) electrons. The Balaban J connectivity index is 2.18. The molecule has 3 unspecified atom stereocenters. The number of carbonyl (C=O) groups excluding carboxylic acids is 3. The average Bonchev–Trinajstić information content (AvgIpc) is 2.71. The first kappa shape index (κ1) is 22.3. The van der Waals surface area contributed by atoms with Crippen LogP contribution in [0.4, 0.5) is 0 Å². The second-order valence-corrected chi connectivity index (χ2v) is 8.55. The second kappa shape index (κ2) is 9.16. The molecule has 3 rings (SSSR count). The summed E-state index contributed by atoms with van der Waals surface area (Å²) in [6, 6.07) is 7.48. The highest BCUT2D eigenvalue weighted by atomic mass is 79.9. The van der Waals surface area contributed by atoms with Crippen molar-refractivity contribution in [2.24, 2.45) is 11.8 Å². The molecule has 1 aliphatic heterocycles. The Morgan fingerprint density at radius 1 is 1.27 bits per heavy atom. The second-order valence-electron chi connectivity index (χ2n) is 7.69. The maximum atomic E-state index is 13.6. The van der Waals surface area contributed by atoms with Crippen LogP contribution in [0, 0.1) is 11.8 Å². The molecule has 1 heterocycles. The molecule has 1 aliphatic carbocycles. The Bertz CT molecular complexity index is 949. The highest BCUT2D eigenvalue weighted by molar-refractivity contribution is 9.10. The molecule has 0 amide bonds. The number of carbonyl (C=O) groups is 3. The van der Waals surface area contributed by atoms with E-state index in [0.717, 1.165) is 15.7 Å². The van der Waals surface area contributed by atoms with Crippen LogP contribution in [0.25, 0.3) is 0 Å². The predicted octanol–water partition coefficient (Wildman–Crippen LogP) is 4.02. The highest BCUT2D eigenvalue weighted by Gasteiger charge is 2.47. The summed E-state index contributed by atoms with van der Waals surface area (Å²) >= 11 is 3.57. The number of methoxy groups -OCH3 is 1. The molecule has 2 aliphatic rings. The van der Waals surface area contributed by atoms with E-state index < -0.39 is 23.8 Å². The van der Waals surface area contributed by atoms with Gasteiger partial charge in [0.1, 0.15) is 5.92 Å². The van der Waals surface area contributed by atoms with Crippen molar-refractivity contribution in [2.45, 2.75) is 39.5 Å². The van der Waals surface area contributed by atoms with Crippen LogP contribution in [0.1, 0.15) is 45.1 Å². The maximum absolute atomic E-state index is 13.6. The van der Waals surface area contributed by atoms with Crippen molar-refractivity contribution in [1.82, 2.24) is 5.32 Å². The smallest absolute Gasteiger partial charge is 0.336 e. The lowest BCUT2D eigenvalue weighted by Crippen LogP contribution is -2.43. The number of ketones is 1. The van der Waals surface area contributed by atoms with Gasteiger partial charge in [-0.05, 0) is 37.3 Å². The number of hydrogen-bond donors (Lipinski definition) is 1. The zero-order chi connectivity index (χ0) is 22.0. The van der Waals surface area contributed by atoms with Gasteiger partial charge in [-0.1, -0.05) is 48.0 Å². The predicted molar refractivity (Wildman–Crippen MR) is 115 cm³/mol. The van der Waals surface area contributed by atoms with E-state index in [2.05, 4.69) is 21.2 Å². The molecular weight excluding hydrogens is 450 g/mol. The lowest BCUT2D eigenvalue weighted by atomic mass is 9.69. The van der Waals surface area contributed by atoms with Crippen LogP contribution >= 0.6 is 15.9 Å². The van der Waals surface area contributed by atoms with Crippen molar-refractivity contribution >= 4 is 33.7 Å². The Morgan fingerprint density at radius 2 is 1.97 bits per heavy atom. The lowest BCUT2D eigenvalue weighted by molar-refractivity contribution is -0.151. The third-order valence-corrected chi connectivity index (χ3v) is 6.34. The highest BCUT2D eigenvalue weighted by Crippen LogP contribution is 2.46. The normalized spacial score (nSPS) is 23.6. The number of hydrogen-bond acceptors (Lipinski definition) is 6. The molecule has 0 saturated carbocycles. The summed E-state index contributed by atoms with van der Waals surface area (Å²) in [5.41, 5.74) is 3.01. The summed E-state index contributed by atoms with van der Waals surface area (Å²) in [6.45, 7) is 5.90. The van der Waals surface area contributed by atoms with Gasteiger partial charge in [0.05, 0.1) is 19.3 Å². The molecule has 1 N–H and O–H groups in total. The number of Topliss-reactive ketones (excluding diaryl/α,β-unsaturated/α-hetero) is 1. The minimum absolute atomic E-state index is 0.211. The first-order chi connectivity index (χ1) is 14.3. The van der Waals surface area contributed by atoms with Crippen LogP contribution in [0.5, 0.6) is 0 Å². The summed E-state index contributed by atoms with van der Waals surface area (Å²) in [5, 5.41) is 3.25. The van der Waals surface area contributed by atoms with Gasteiger partial charge in [0.15, 0.2) is 5.78 Å². The van der Waals surface area contributed by atoms with E-state index in [1.54, 1.807) is 0 Å². The Morgan fingerprint density at radius 3 is 2.60 bits per heavy atom. The number of rotatable bonds is 5. The molecular formula is C23H26BrNO5. The maximum Gasteiger partial charge on any atom is 0.336 e. The van der Waals surface area contributed by atoms with Gasteiger partial charge in [0.2, 0.25) is 0 Å². The molecule has 0 bridgehead atoms. The molecule has 0 fully saturated rings. The fourth-order valence-corrected chi connectivity index (χ4v) is 4.76. The fraction of sp³-hybridized carbons (Fsp3) is 0.435. The Hall–Kier alpha value is -2.41. The topological polar surface area (TPSA) is 81.7 Å². The van der Waals surface area contributed by atoms with Gasteiger partial charge < -0.3 is 14.8 Å². The van der Waals surface area contributed by atoms with Gasteiger partial charge in [-0.2, -0.15) is 0 Å². The molecule has 1 aromatic rings. The SMILES string of the molecule is CCCOC(=O)C1=C(C)NC2=C(C(=O)C(C(=O)OC)C(C)C2)C1c1ccccc1Br. The van der Waals surface area contributed by atoms with Crippen molar-refractivity contribution in [3.63, 3.8) is 0 Å². The minimum Gasteiger partial charge on any atom is -0.468 e. The summed E-state index contributed by atoms with van der Waals surface area (Å²) < 4.78 is 11.1. The van der Waals surface area contributed by atoms with Crippen molar-refractivity contribution in [3.05, 3.63) is 56.8 Å². The van der Waals surface area contributed by atoms with Crippen LogP contribution in [0.3, 0.4) is 0 Å². The van der Waals surface area contributed by atoms with Crippen LogP contribution in [-0.4, -0.2) is 31.4 Å². The molecule has 160 valence electrons. The van der Waals surface area contributed by atoms with Crippen molar-refractivity contribution in [2.75, 3.05) is 13.7 Å². The zero-order valence-electron chi connectivity index (χ0n) is 17.6. The van der Waals surface area contributed by atoms with Crippen LogP contribution in [0.15, 0.2) is 51.3 Å². The van der Waals surface area contributed by atoms with Crippen molar-refractivity contribution in [1.29, 1.82) is 0 Å². The first-order valence-electron chi connectivity index (χ1n) is 10.1. The third kappa shape index (κ3) is 3.95. The van der Waals surface area contributed by atoms with Crippen molar-refractivity contribution < 1.29 is 23.9 Å². The van der Waals surface area contributed by atoms with Gasteiger partial charge >= 0.3 is 11.9 Å². The quantitative estimate of drug-likeness (QED) is 0.511. The summed E-state index contributed by atoms with van der Waals surface area (Å²) in [7, 11) is 1.29. The molecule has 6 nitrogen and oxygen atoms in total. The van der Waals surface area contributed by atoms with Crippen molar-refractivity contribution in [3.8, 4) is 0 Å². The molecule has 3 atom stereocenters. The number of nitrogens with one attached hydrogen (secondary N) is 1. The average molecular weight is 476 g/mol. The standard InChI is InChI=1S/C23H26BrNO5/c1-5-10-30-23(28)18-13(3)25-16-11-12(2)17(22(27)29-4)21(26)20(16)19(18)14-8-6-7-9-15(14)24/h6-9,12,17,19,25H,5,10-11H2,1-4H3. The van der Waals surface area contributed by atoms with E-state index >= 15 is 0 Å². The van der Waals surface area contributed by atoms with Crippen LogP contribution < -0.4 is 5.32 Å². The molecule has 7 heteroatoms. The first-order valence-corrected chi connectivity index (χ1v) is 10.8. The van der Waals surface area contributed by atoms with E-state index in [1.807, 2.05) is 45.0 Å². The number of dihydropyridines is 1. The number of halogens is 1. The van der Waals surface area contributed by atoms with E-state index in [0.29, 0.717) is 36.3 Å². The number of esters is 2. The molecule has 1 aromatic carbocycles. The van der Waals surface area contributed by atoms with E-state index in [4.69, 9.17) is 9.47 Å². The molecule has 0 saturated heterocycles. The van der Waals surface area contributed by atoms with Gasteiger partial charge in [-0.3, -0.25) is 9.59 Å². The fourth-order valence-electron chi connectivity index (χ4n) is 4.24. The molecule has 0 spiro atoms. The molecule has 30 heavy (non-hydrogen) atoms. The molecule has 0 aromatic heterocycles. The monoisotopic (exact) mass is 475 g/mol. The van der Waals surface area contributed by atoms with Gasteiger partial charge in [-0.15, -0.1) is 0 Å². The zero-order valence-corrected chi connectivity index (χ0v) is 19.2.